The maximum atomic E-state index is 12.5. The standard InChI is InChI=1S/C18H18N4O2/c1-12-6-7-19-17-16(9-21-22(12)17)18(23)20-8-14-11-24-10-13-4-2-3-5-15(13)14/h2-7,9,14H,8,10-11H2,1H3,(H,20,23). The second kappa shape index (κ2) is 6.05. The van der Waals surface area contributed by atoms with E-state index in [1.807, 2.05) is 25.1 Å². The van der Waals surface area contributed by atoms with Crippen LogP contribution >= 0.6 is 0 Å². The van der Waals surface area contributed by atoms with E-state index in [9.17, 15) is 4.79 Å². The Bertz CT molecular complexity index is 903. The molecule has 0 saturated carbocycles. The number of carbonyl (C=O) groups is 1. The molecule has 3 heterocycles. The number of aryl methyl sites for hydroxylation is 1. The molecule has 1 atom stereocenters. The zero-order valence-electron chi connectivity index (χ0n) is 13.4. The number of aromatic nitrogens is 3. The fraction of sp³-hybridized carbons (Fsp3) is 0.278. The van der Waals surface area contributed by atoms with Crippen LogP contribution in [0.5, 0.6) is 0 Å². The van der Waals surface area contributed by atoms with Crippen LogP contribution in [0.15, 0.2) is 42.7 Å². The predicted molar refractivity (Wildman–Crippen MR) is 88.9 cm³/mol. The first kappa shape index (κ1) is 14.8. The highest BCUT2D eigenvalue weighted by molar-refractivity contribution is 5.99. The van der Waals surface area contributed by atoms with Crippen LogP contribution in [0.4, 0.5) is 0 Å². The van der Waals surface area contributed by atoms with Gasteiger partial charge in [-0.25, -0.2) is 9.50 Å². The highest BCUT2D eigenvalue weighted by Gasteiger charge is 2.22. The monoisotopic (exact) mass is 322 g/mol. The first-order valence-corrected chi connectivity index (χ1v) is 7.97. The molecule has 0 radical (unpaired) electrons. The molecule has 1 aliphatic heterocycles. The lowest BCUT2D eigenvalue weighted by atomic mass is 9.93. The Morgan fingerprint density at radius 3 is 3.17 bits per heavy atom. The average molecular weight is 322 g/mol. The number of hydrogen-bond acceptors (Lipinski definition) is 4. The molecule has 4 rings (SSSR count). The average Bonchev–Trinajstić information content (AvgIpc) is 3.05. The van der Waals surface area contributed by atoms with Crippen molar-refractivity contribution >= 4 is 11.6 Å². The summed E-state index contributed by atoms with van der Waals surface area (Å²) < 4.78 is 7.31. The molecule has 24 heavy (non-hydrogen) atoms. The molecule has 3 aromatic rings. The molecule has 6 nitrogen and oxygen atoms in total. The summed E-state index contributed by atoms with van der Waals surface area (Å²) in [6, 6.07) is 10.1. The minimum absolute atomic E-state index is 0.161. The molecule has 0 saturated heterocycles. The molecule has 0 fully saturated rings. The third-order valence-corrected chi connectivity index (χ3v) is 4.42. The molecule has 1 unspecified atom stereocenters. The van der Waals surface area contributed by atoms with Crippen molar-refractivity contribution < 1.29 is 9.53 Å². The van der Waals surface area contributed by atoms with Gasteiger partial charge in [0, 0.05) is 24.4 Å². The van der Waals surface area contributed by atoms with Gasteiger partial charge in [-0.2, -0.15) is 5.10 Å². The van der Waals surface area contributed by atoms with Crippen LogP contribution in [-0.4, -0.2) is 33.7 Å². The maximum absolute atomic E-state index is 12.5. The summed E-state index contributed by atoms with van der Waals surface area (Å²) in [4.78, 5) is 16.8. The fourth-order valence-electron chi connectivity index (χ4n) is 3.12. The van der Waals surface area contributed by atoms with Crippen molar-refractivity contribution in [1.29, 1.82) is 0 Å². The maximum Gasteiger partial charge on any atom is 0.256 e. The van der Waals surface area contributed by atoms with Crippen molar-refractivity contribution in [2.45, 2.75) is 19.4 Å². The molecule has 1 amide bonds. The van der Waals surface area contributed by atoms with Gasteiger partial charge in [0.25, 0.3) is 5.91 Å². The van der Waals surface area contributed by atoms with E-state index in [0.29, 0.717) is 31.0 Å². The number of nitrogens with one attached hydrogen (secondary N) is 1. The first-order valence-electron chi connectivity index (χ1n) is 7.97. The summed E-state index contributed by atoms with van der Waals surface area (Å²) in [5, 5.41) is 7.23. The van der Waals surface area contributed by atoms with Gasteiger partial charge < -0.3 is 10.1 Å². The first-order chi connectivity index (χ1) is 11.7. The third-order valence-electron chi connectivity index (χ3n) is 4.42. The number of benzene rings is 1. The zero-order valence-corrected chi connectivity index (χ0v) is 13.4. The zero-order chi connectivity index (χ0) is 16.5. The smallest absolute Gasteiger partial charge is 0.256 e. The van der Waals surface area contributed by atoms with Crippen LogP contribution in [0.25, 0.3) is 5.65 Å². The molecule has 1 N–H and O–H groups in total. The van der Waals surface area contributed by atoms with Gasteiger partial charge in [-0.1, -0.05) is 24.3 Å². The second-order valence-corrected chi connectivity index (χ2v) is 6.00. The Morgan fingerprint density at radius 2 is 2.25 bits per heavy atom. The Kier molecular flexibility index (Phi) is 3.74. The lowest BCUT2D eigenvalue weighted by Crippen LogP contribution is -2.32. The lowest BCUT2D eigenvalue weighted by molar-refractivity contribution is 0.0845. The minimum Gasteiger partial charge on any atom is -0.376 e. The summed E-state index contributed by atoms with van der Waals surface area (Å²) in [7, 11) is 0. The van der Waals surface area contributed by atoms with E-state index in [4.69, 9.17) is 4.74 Å². The molecule has 0 bridgehead atoms. The number of rotatable bonds is 3. The predicted octanol–water partition coefficient (Wildman–Crippen LogP) is 2.08. The van der Waals surface area contributed by atoms with Crippen LogP contribution in [0, 0.1) is 6.92 Å². The highest BCUT2D eigenvalue weighted by atomic mass is 16.5. The highest BCUT2D eigenvalue weighted by Crippen LogP contribution is 2.25. The van der Waals surface area contributed by atoms with Gasteiger partial charge in [0.1, 0.15) is 5.56 Å². The number of fused-ring (bicyclic) bond motifs is 2. The molecule has 1 aromatic carbocycles. The van der Waals surface area contributed by atoms with Crippen LogP contribution < -0.4 is 5.32 Å². The van der Waals surface area contributed by atoms with Gasteiger partial charge >= 0.3 is 0 Å². The molecule has 122 valence electrons. The Morgan fingerprint density at radius 1 is 1.38 bits per heavy atom. The van der Waals surface area contributed by atoms with Crippen molar-refractivity contribution in [3.63, 3.8) is 0 Å². The van der Waals surface area contributed by atoms with Crippen LogP contribution in [0.2, 0.25) is 0 Å². The van der Waals surface area contributed by atoms with Crippen molar-refractivity contribution in [3.8, 4) is 0 Å². The van der Waals surface area contributed by atoms with Gasteiger partial charge in [-0.3, -0.25) is 4.79 Å². The molecular weight excluding hydrogens is 304 g/mol. The largest absolute Gasteiger partial charge is 0.376 e. The number of amides is 1. The van der Waals surface area contributed by atoms with Crippen molar-refractivity contribution in [2.75, 3.05) is 13.2 Å². The van der Waals surface area contributed by atoms with E-state index >= 15 is 0 Å². The van der Waals surface area contributed by atoms with Crippen molar-refractivity contribution in [1.82, 2.24) is 19.9 Å². The van der Waals surface area contributed by atoms with Gasteiger partial charge in [0.15, 0.2) is 5.65 Å². The topological polar surface area (TPSA) is 68.5 Å². The molecule has 0 spiro atoms. The molecule has 0 aliphatic carbocycles. The van der Waals surface area contributed by atoms with Crippen molar-refractivity contribution in [2.24, 2.45) is 0 Å². The Labute approximate surface area is 139 Å². The molecule has 2 aromatic heterocycles. The fourth-order valence-corrected chi connectivity index (χ4v) is 3.12. The Hall–Kier alpha value is -2.73. The molecule has 6 heteroatoms. The Balaban J connectivity index is 1.52. The van der Waals surface area contributed by atoms with Gasteiger partial charge in [-0.05, 0) is 24.1 Å². The van der Waals surface area contributed by atoms with E-state index < -0.39 is 0 Å². The SMILES string of the molecule is Cc1ccnc2c(C(=O)NCC3COCc4ccccc43)cnn12. The second-order valence-electron chi connectivity index (χ2n) is 6.00. The van der Waals surface area contributed by atoms with Gasteiger partial charge in [-0.15, -0.1) is 0 Å². The normalized spacial score (nSPS) is 16.8. The van der Waals surface area contributed by atoms with E-state index in [-0.39, 0.29) is 11.8 Å². The third kappa shape index (κ3) is 2.55. The number of nitrogens with zero attached hydrogens (tertiary/aromatic N) is 3. The van der Waals surface area contributed by atoms with E-state index in [1.54, 1.807) is 16.9 Å². The molecular formula is C18H18N4O2. The van der Waals surface area contributed by atoms with E-state index in [0.717, 1.165) is 5.69 Å². The minimum atomic E-state index is -0.161. The summed E-state index contributed by atoms with van der Waals surface area (Å²) >= 11 is 0. The van der Waals surface area contributed by atoms with Crippen LogP contribution in [0.1, 0.15) is 33.1 Å². The van der Waals surface area contributed by atoms with E-state index in [2.05, 4.69) is 27.5 Å². The summed E-state index contributed by atoms with van der Waals surface area (Å²) in [5.41, 5.74) is 4.44. The van der Waals surface area contributed by atoms with Crippen molar-refractivity contribution in [3.05, 3.63) is 65.1 Å². The van der Waals surface area contributed by atoms with E-state index in [1.165, 1.54) is 11.1 Å². The molecule has 1 aliphatic rings. The summed E-state index contributed by atoms with van der Waals surface area (Å²) in [6.07, 6.45) is 3.25. The number of carbonyl (C=O) groups excluding carboxylic acids is 1. The summed E-state index contributed by atoms with van der Waals surface area (Å²) in [6.45, 7) is 3.71. The van der Waals surface area contributed by atoms with Crippen LogP contribution in [-0.2, 0) is 11.3 Å². The van der Waals surface area contributed by atoms with Gasteiger partial charge in [0.05, 0.1) is 19.4 Å². The summed E-state index contributed by atoms with van der Waals surface area (Å²) in [5.74, 6) is 0.00147. The number of hydrogen-bond donors (Lipinski definition) is 1. The van der Waals surface area contributed by atoms with Gasteiger partial charge in [0.2, 0.25) is 0 Å². The van der Waals surface area contributed by atoms with Crippen LogP contribution in [0.3, 0.4) is 0 Å². The quantitative estimate of drug-likeness (QED) is 0.801. The lowest BCUT2D eigenvalue weighted by Gasteiger charge is -2.25. The number of ether oxygens (including phenoxy) is 1.